The minimum Gasteiger partial charge on any atom is -0.493 e. The molecule has 1 unspecified atom stereocenters. The van der Waals surface area contributed by atoms with E-state index in [9.17, 15) is 4.79 Å². The Balaban J connectivity index is 1.89. The number of likely N-dealkylation sites (tertiary alicyclic amines) is 1. The van der Waals surface area contributed by atoms with Crippen LogP contribution in [0.2, 0.25) is 0 Å². The Bertz CT molecular complexity index is 724. The third-order valence-electron chi connectivity index (χ3n) is 4.72. The molecular weight excluding hydrogens is 304 g/mol. The third-order valence-corrected chi connectivity index (χ3v) is 4.72. The molecule has 1 aliphatic rings. The van der Waals surface area contributed by atoms with Crippen molar-refractivity contribution in [2.75, 3.05) is 20.2 Å². The van der Waals surface area contributed by atoms with Crippen molar-refractivity contribution < 1.29 is 9.53 Å². The normalized spacial score (nSPS) is 20.0. The molecule has 0 saturated carbocycles. The van der Waals surface area contributed by atoms with Gasteiger partial charge in [0.2, 0.25) is 0 Å². The van der Waals surface area contributed by atoms with Crippen molar-refractivity contribution in [1.82, 2.24) is 14.7 Å². The summed E-state index contributed by atoms with van der Waals surface area (Å²) >= 11 is 0. The third kappa shape index (κ3) is 3.01. The van der Waals surface area contributed by atoms with Crippen molar-refractivity contribution in [3.8, 4) is 11.4 Å². The van der Waals surface area contributed by atoms with E-state index in [4.69, 9.17) is 10.5 Å². The molecule has 3 rings (SSSR count). The average Bonchev–Trinajstić information content (AvgIpc) is 3.01. The van der Waals surface area contributed by atoms with Crippen molar-refractivity contribution in [2.24, 2.45) is 11.1 Å². The first-order valence-electron chi connectivity index (χ1n) is 8.16. The lowest BCUT2D eigenvalue weighted by Gasteiger charge is -2.42. The van der Waals surface area contributed by atoms with Crippen LogP contribution >= 0.6 is 0 Å². The van der Waals surface area contributed by atoms with Gasteiger partial charge >= 0.3 is 0 Å². The molecule has 1 atom stereocenters. The average molecular weight is 328 g/mol. The SMILES string of the molecule is COc1cn(-c2ccccc2)nc1C(=O)N1CCC(N)C(C)(C)C1. The van der Waals surface area contributed by atoms with Crippen molar-refractivity contribution in [1.29, 1.82) is 0 Å². The van der Waals surface area contributed by atoms with Gasteiger partial charge in [0.15, 0.2) is 11.4 Å². The van der Waals surface area contributed by atoms with E-state index in [2.05, 4.69) is 18.9 Å². The number of benzene rings is 1. The molecule has 1 saturated heterocycles. The summed E-state index contributed by atoms with van der Waals surface area (Å²) in [4.78, 5) is 14.8. The standard InChI is InChI=1S/C18H24N4O2/c1-18(2)12-21(10-9-15(18)19)17(23)16-14(24-3)11-22(20-16)13-7-5-4-6-8-13/h4-8,11,15H,9-10,12,19H2,1-3H3. The number of nitrogens with zero attached hydrogens (tertiary/aromatic N) is 3. The smallest absolute Gasteiger partial charge is 0.278 e. The van der Waals surface area contributed by atoms with E-state index in [1.807, 2.05) is 35.2 Å². The number of para-hydroxylation sites is 1. The molecule has 2 heterocycles. The van der Waals surface area contributed by atoms with Crippen LogP contribution in [0.15, 0.2) is 36.5 Å². The fraction of sp³-hybridized carbons (Fsp3) is 0.444. The van der Waals surface area contributed by atoms with Crippen LogP contribution in [0.3, 0.4) is 0 Å². The highest BCUT2D eigenvalue weighted by Gasteiger charge is 2.37. The maximum atomic E-state index is 12.9. The van der Waals surface area contributed by atoms with E-state index in [1.54, 1.807) is 18.0 Å². The molecule has 1 aromatic heterocycles. The first-order valence-corrected chi connectivity index (χ1v) is 8.16. The monoisotopic (exact) mass is 328 g/mol. The van der Waals surface area contributed by atoms with Crippen LogP contribution in [0.4, 0.5) is 0 Å². The maximum Gasteiger partial charge on any atom is 0.278 e. The highest BCUT2D eigenvalue weighted by molar-refractivity contribution is 5.95. The van der Waals surface area contributed by atoms with Gasteiger partial charge in [-0.3, -0.25) is 4.79 Å². The number of carbonyl (C=O) groups is 1. The predicted octanol–water partition coefficient (Wildman–Crippen LogP) is 2.08. The summed E-state index contributed by atoms with van der Waals surface area (Å²) in [5.74, 6) is 0.373. The van der Waals surface area contributed by atoms with Crippen LogP contribution < -0.4 is 10.5 Å². The Hall–Kier alpha value is -2.34. The molecule has 0 aliphatic carbocycles. The van der Waals surface area contributed by atoms with Crippen molar-refractivity contribution in [2.45, 2.75) is 26.3 Å². The second kappa shape index (κ2) is 6.28. The van der Waals surface area contributed by atoms with Crippen molar-refractivity contribution >= 4 is 5.91 Å². The summed E-state index contributed by atoms with van der Waals surface area (Å²) in [5.41, 5.74) is 7.28. The van der Waals surface area contributed by atoms with Crippen molar-refractivity contribution in [3.63, 3.8) is 0 Å². The number of rotatable bonds is 3. The number of methoxy groups -OCH3 is 1. The summed E-state index contributed by atoms with van der Waals surface area (Å²) in [5, 5.41) is 4.46. The van der Waals surface area contributed by atoms with Gasteiger partial charge in [-0.05, 0) is 24.0 Å². The number of ether oxygens (including phenoxy) is 1. The van der Waals surface area contributed by atoms with E-state index in [1.165, 1.54) is 0 Å². The predicted molar refractivity (Wildman–Crippen MR) is 92.4 cm³/mol. The minimum atomic E-state index is -0.110. The van der Waals surface area contributed by atoms with Crippen molar-refractivity contribution in [3.05, 3.63) is 42.2 Å². The molecule has 128 valence electrons. The summed E-state index contributed by atoms with van der Waals surface area (Å²) < 4.78 is 7.05. The second-order valence-electron chi connectivity index (χ2n) is 6.94. The number of nitrogens with two attached hydrogens (primary N) is 1. The summed E-state index contributed by atoms with van der Waals surface area (Å²) in [6.45, 7) is 5.45. The highest BCUT2D eigenvalue weighted by Crippen LogP contribution is 2.30. The minimum absolute atomic E-state index is 0.102. The van der Waals surface area contributed by atoms with Gasteiger partial charge in [0.25, 0.3) is 5.91 Å². The molecule has 2 aromatic rings. The van der Waals surface area contributed by atoms with E-state index in [0.29, 0.717) is 24.5 Å². The zero-order chi connectivity index (χ0) is 17.3. The Morgan fingerprint density at radius 1 is 1.33 bits per heavy atom. The zero-order valence-corrected chi connectivity index (χ0v) is 14.4. The molecule has 6 heteroatoms. The van der Waals surface area contributed by atoms with Gasteiger partial charge in [-0.1, -0.05) is 32.0 Å². The van der Waals surface area contributed by atoms with Crippen LogP contribution in [0.25, 0.3) is 5.69 Å². The van der Waals surface area contributed by atoms with Gasteiger partial charge in [0, 0.05) is 19.1 Å². The number of piperidine rings is 1. The Morgan fingerprint density at radius 2 is 2.04 bits per heavy atom. The first kappa shape index (κ1) is 16.5. The largest absolute Gasteiger partial charge is 0.493 e. The lowest BCUT2D eigenvalue weighted by Crippen LogP contribution is -2.54. The molecule has 0 spiro atoms. The number of aromatic nitrogens is 2. The lowest BCUT2D eigenvalue weighted by molar-refractivity contribution is 0.0524. The van der Waals surface area contributed by atoms with Crippen LogP contribution in [-0.4, -0.2) is 46.8 Å². The summed E-state index contributed by atoms with van der Waals surface area (Å²) in [6, 6.07) is 9.77. The molecular formula is C18H24N4O2. The van der Waals surface area contributed by atoms with Gasteiger partial charge in [-0.15, -0.1) is 0 Å². The van der Waals surface area contributed by atoms with Crippen LogP contribution in [0.1, 0.15) is 30.8 Å². The molecule has 6 nitrogen and oxygen atoms in total. The lowest BCUT2D eigenvalue weighted by atomic mass is 9.79. The van der Waals surface area contributed by atoms with Crippen LogP contribution in [0, 0.1) is 5.41 Å². The van der Waals surface area contributed by atoms with E-state index in [0.717, 1.165) is 12.1 Å². The molecule has 0 radical (unpaired) electrons. The first-order chi connectivity index (χ1) is 11.4. The fourth-order valence-corrected chi connectivity index (χ4v) is 3.07. The van der Waals surface area contributed by atoms with E-state index < -0.39 is 0 Å². The molecule has 1 aromatic carbocycles. The van der Waals surface area contributed by atoms with Gasteiger partial charge in [-0.2, -0.15) is 5.10 Å². The van der Waals surface area contributed by atoms with E-state index >= 15 is 0 Å². The van der Waals surface area contributed by atoms with Crippen LogP contribution in [0.5, 0.6) is 5.75 Å². The van der Waals surface area contributed by atoms with Gasteiger partial charge in [0.1, 0.15) is 0 Å². The van der Waals surface area contributed by atoms with Gasteiger partial charge in [-0.25, -0.2) is 4.68 Å². The van der Waals surface area contributed by atoms with Crippen LogP contribution in [-0.2, 0) is 0 Å². The number of hydrogen-bond donors (Lipinski definition) is 1. The zero-order valence-electron chi connectivity index (χ0n) is 14.4. The highest BCUT2D eigenvalue weighted by atomic mass is 16.5. The molecule has 1 aliphatic heterocycles. The van der Waals surface area contributed by atoms with E-state index in [-0.39, 0.29) is 17.4 Å². The topological polar surface area (TPSA) is 73.4 Å². The molecule has 1 amide bonds. The number of hydrogen-bond acceptors (Lipinski definition) is 4. The molecule has 0 bridgehead atoms. The molecule has 1 fully saturated rings. The molecule has 2 N–H and O–H groups in total. The quantitative estimate of drug-likeness (QED) is 0.936. The summed E-state index contributed by atoms with van der Waals surface area (Å²) in [6.07, 6.45) is 2.53. The maximum absolute atomic E-state index is 12.9. The fourth-order valence-electron chi connectivity index (χ4n) is 3.07. The Labute approximate surface area is 142 Å². The summed E-state index contributed by atoms with van der Waals surface area (Å²) in [7, 11) is 1.55. The Kier molecular flexibility index (Phi) is 4.32. The van der Waals surface area contributed by atoms with Gasteiger partial charge in [0.05, 0.1) is 19.0 Å². The number of amides is 1. The molecule has 24 heavy (non-hydrogen) atoms. The second-order valence-corrected chi connectivity index (χ2v) is 6.94. The Morgan fingerprint density at radius 3 is 2.67 bits per heavy atom. The number of carbonyl (C=O) groups excluding carboxylic acids is 1. The van der Waals surface area contributed by atoms with Gasteiger partial charge < -0.3 is 15.4 Å².